The molecule has 0 saturated carbocycles. The van der Waals surface area contributed by atoms with Crippen molar-refractivity contribution in [3.05, 3.63) is 35.5 Å². The lowest BCUT2D eigenvalue weighted by Gasteiger charge is -2.14. The smallest absolute Gasteiger partial charge is 0.147 e. The van der Waals surface area contributed by atoms with Crippen LogP contribution in [-0.2, 0) is 6.42 Å². The second-order valence-electron chi connectivity index (χ2n) is 4.84. The van der Waals surface area contributed by atoms with E-state index in [0.717, 1.165) is 29.8 Å². The normalized spacial score (nSPS) is 11.2. The van der Waals surface area contributed by atoms with E-state index in [1.807, 2.05) is 12.3 Å². The number of aryl methyl sites for hydroxylation is 1. The number of hydrogen-bond acceptors (Lipinski definition) is 3. The fourth-order valence-corrected chi connectivity index (χ4v) is 2.25. The highest BCUT2D eigenvalue weighted by atomic mass is 16.5. The van der Waals surface area contributed by atoms with Crippen LogP contribution in [0.25, 0.3) is 10.9 Å². The number of fused-ring (bicyclic) bond motifs is 1. The number of methoxy groups -OCH3 is 1. The van der Waals surface area contributed by atoms with Gasteiger partial charge in [0.2, 0.25) is 0 Å². The van der Waals surface area contributed by atoms with Gasteiger partial charge in [-0.3, -0.25) is 4.98 Å². The fraction of sp³-hybridized carbons (Fsp3) is 0.400. The molecular weight excluding hydrogens is 224 g/mol. The van der Waals surface area contributed by atoms with Crippen LogP contribution in [-0.4, -0.2) is 37.6 Å². The molecule has 0 amide bonds. The highest BCUT2D eigenvalue weighted by Gasteiger charge is 2.10. The summed E-state index contributed by atoms with van der Waals surface area (Å²) in [6.45, 7) is 3.11. The summed E-state index contributed by atoms with van der Waals surface area (Å²) in [5.74, 6) is 0.888. The number of pyridine rings is 1. The minimum Gasteiger partial charge on any atom is -0.494 e. The Hall–Kier alpha value is -1.61. The average Bonchev–Trinajstić information content (AvgIpc) is 2.36. The highest BCUT2D eigenvalue weighted by Crippen LogP contribution is 2.30. The van der Waals surface area contributed by atoms with Crippen LogP contribution in [0, 0.1) is 6.92 Å². The molecule has 0 aliphatic rings. The predicted octanol–water partition coefficient (Wildman–Crippen LogP) is 2.66. The van der Waals surface area contributed by atoms with Crippen molar-refractivity contribution >= 4 is 10.9 Å². The number of rotatable bonds is 4. The second-order valence-corrected chi connectivity index (χ2v) is 4.84. The summed E-state index contributed by atoms with van der Waals surface area (Å²) < 4.78 is 5.47. The van der Waals surface area contributed by atoms with Gasteiger partial charge >= 0.3 is 0 Å². The molecule has 1 aromatic carbocycles. The van der Waals surface area contributed by atoms with E-state index < -0.39 is 0 Å². The standard InChI is InChI=1S/C15H20N2O/c1-11-10-12(7-9-17(2)3)13-6-5-8-16-14(13)15(11)18-4/h5-6,8,10H,7,9H2,1-4H3. The Morgan fingerprint density at radius 2 is 2.11 bits per heavy atom. The number of benzene rings is 1. The Bertz CT molecular complexity index is 549. The molecule has 0 saturated heterocycles. The lowest BCUT2D eigenvalue weighted by molar-refractivity contribution is 0.411. The van der Waals surface area contributed by atoms with Crippen molar-refractivity contribution in [3.8, 4) is 5.75 Å². The maximum atomic E-state index is 5.47. The molecule has 0 atom stereocenters. The SMILES string of the molecule is COc1c(C)cc(CCN(C)C)c2cccnc12. The zero-order chi connectivity index (χ0) is 13.1. The third kappa shape index (κ3) is 2.46. The zero-order valence-electron chi connectivity index (χ0n) is 11.5. The summed E-state index contributed by atoms with van der Waals surface area (Å²) in [7, 11) is 5.89. The van der Waals surface area contributed by atoms with Crippen molar-refractivity contribution in [2.45, 2.75) is 13.3 Å². The van der Waals surface area contributed by atoms with Crippen LogP contribution in [0.2, 0.25) is 0 Å². The Balaban J connectivity index is 2.53. The Kier molecular flexibility index (Phi) is 3.82. The van der Waals surface area contributed by atoms with Gasteiger partial charge in [0.25, 0.3) is 0 Å². The maximum Gasteiger partial charge on any atom is 0.147 e. The molecule has 0 unspecified atom stereocenters. The van der Waals surface area contributed by atoms with Crippen LogP contribution in [0.1, 0.15) is 11.1 Å². The molecule has 96 valence electrons. The van der Waals surface area contributed by atoms with Crippen molar-refractivity contribution in [1.29, 1.82) is 0 Å². The van der Waals surface area contributed by atoms with Crippen LogP contribution in [0.15, 0.2) is 24.4 Å². The molecule has 0 bridgehead atoms. The van der Waals surface area contributed by atoms with Crippen LogP contribution in [0.3, 0.4) is 0 Å². The monoisotopic (exact) mass is 244 g/mol. The average molecular weight is 244 g/mol. The summed E-state index contributed by atoms with van der Waals surface area (Å²) in [4.78, 5) is 6.66. The van der Waals surface area contributed by atoms with E-state index >= 15 is 0 Å². The molecule has 1 aromatic heterocycles. The first-order valence-electron chi connectivity index (χ1n) is 6.19. The number of hydrogen-bond donors (Lipinski definition) is 0. The van der Waals surface area contributed by atoms with E-state index in [-0.39, 0.29) is 0 Å². The molecule has 0 aliphatic heterocycles. The van der Waals surface area contributed by atoms with Gasteiger partial charge in [0.15, 0.2) is 0 Å². The lowest BCUT2D eigenvalue weighted by atomic mass is 10.0. The molecule has 18 heavy (non-hydrogen) atoms. The molecule has 0 aliphatic carbocycles. The number of aromatic nitrogens is 1. The number of likely N-dealkylation sites (N-methyl/N-ethyl adjacent to an activating group) is 1. The topological polar surface area (TPSA) is 25.4 Å². The summed E-state index contributed by atoms with van der Waals surface area (Å²) in [5, 5.41) is 1.20. The van der Waals surface area contributed by atoms with E-state index in [1.165, 1.54) is 10.9 Å². The first-order chi connectivity index (χ1) is 8.63. The van der Waals surface area contributed by atoms with Crippen LogP contribution >= 0.6 is 0 Å². The lowest BCUT2D eigenvalue weighted by Crippen LogP contribution is -2.15. The van der Waals surface area contributed by atoms with Gasteiger partial charge in [-0.25, -0.2) is 0 Å². The van der Waals surface area contributed by atoms with Crippen LogP contribution < -0.4 is 4.74 Å². The predicted molar refractivity (Wildman–Crippen MR) is 75.3 cm³/mol. The Morgan fingerprint density at radius 1 is 1.33 bits per heavy atom. The van der Waals surface area contributed by atoms with Crippen molar-refractivity contribution < 1.29 is 4.74 Å². The molecule has 0 N–H and O–H groups in total. The summed E-state index contributed by atoms with van der Waals surface area (Å²) in [5.41, 5.74) is 3.45. The molecule has 3 heteroatoms. The van der Waals surface area contributed by atoms with E-state index in [0.29, 0.717) is 0 Å². The second kappa shape index (κ2) is 5.36. The van der Waals surface area contributed by atoms with Gasteiger partial charge in [-0.1, -0.05) is 12.1 Å². The minimum atomic E-state index is 0.888. The number of nitrogens with zero attached hydrogens (tertiary/aromatic N) is 2. The first-order valence-corrected chi connectivity index (χ1v) is 6.19. The molecule has 2 aromatic rings. The third-order valence-electron chi connectivity index (χ3n) is 3.15. The third-order valence-corrected chi connectivity index (χ3v) is 3.15. The van der Waals surface area contributed by atoms with Gasteiger partial charge in [-0.2, -0.15) is 0 Å². The highest BCUT2D eigenvalue weighted by molar-refractivity contribution is 5.88. The fourth-order valence-electron chi connectivity index (χ4n) is 2.25. The summed E-state index contributed by atoms with van der Waals surface area (Å²) in [6.07, 6.45) is 2.85. The van der Waals surface area contributed by atoms with Gasteiger partial charge in [0.05, 0.1) is 7.11 Å². The minimum absolute atomic E-state index is 0.888. The van der Waals surface area contributed by atoms with E-state index in [2.05, 4.69) is 43.0 Å². The van der Waals surface area contributed by atoms with E-state index in [9.17, 15) is 0 Å². The first kappa shape index (κ1) is 12.8. The maximum absolute atomic E-state index is 5.47. The van der Waals surface area contributed by atoms with Crippen molar-refractivity contribution in [1.82, 2.24) is 9.88 Å². The molecule has 3 nitrogen and oxygen atoms in total. The molecular formula is C15H20N2O. The Morgan fingerprint density at radius 3 is 2.78 bits per heavy atom. The van der Waals surface area contributed by atoms with Gasteiger partial charge in [-0.15, -0.1) is 0 Å². The van der Waals surface area contributed by atoms with Gasteiger partial charge in [0.1, 0.15) is 11.3 Å². The van der Waals surface area contributed by atoms with Crippen LogP contribution in [0.5, 0.6) is 5.75 Å². The number of ether oxygens (including phenoxy) is 1. The van der Waals surface area contributed by atoms with E-state index in [4.69, 9.17) is 4.74 Å². The molecule has 1 heterocycles. The van der Waals surface area contributed by atoms with Crippen molar-refractivity contribution in [2.24, 2.45) is 0 Å². The van der Waals surface area contributed by atoms with Gasteiger partial charge < -0.3 is 9.64 Å². The Labute approximate surface area is 108 Å². The molecule has 0 spiro atoms. The van der Waals surface area contributed by atoms with Gasteiger partial charge in [0, 0.05) is 18.1 Å². The largest absolute Gasteiger partial charge is 0.494 e. The molecule has 0 radical (unpaired) electrons. The molecule has 0 fully saturated rings. The summed E-state index contributed by atoms with van der Waals surface area (Å²) in [6, 6.07) is 6.32. The van der Waals surface area contributed by atoms with Gasteiger partial charge in [-0.05, 0) is 44.6 Å². The quantitative estimate of drug-likeness (QED) is 0.826. The molecule has 2 rings (SSSR count). The van der Waals surface area contributed by atoms with Crippen molar-refractivity contribution in [3.63, 3.8) is 0 Å². The van der Waals surface area contributed by atoms with E-state index in [1.54, 1.807) is 7.11 Å². The zero-order valence-corrected chi connectivity index (χ0v) is 11.5. The van der Waals surface area contributed by atoms with Crippen molar-refractivity contribution in [2.75, 3.05) is 27.7 Å². The summed E-state index contributed by atoms with van der Waals surface area (Å²) >= 11 is 0. The van der Waals surface area contributed by atoms with Crippen LogP contribution in [0.4, 0.5) is 0 Å².